The van der Waals surface area contributed by atoms with Gasteiger partial charge in [0.2, 0.25) is 10.0 Å². The van der Waals surface area contributed by atoms with Gasteiger partial charge in [0.25, 0.3) is 5.91 Å². The molecule has 0 atom stereocenters. The smallest absolute Gasteiger partial charge is 0.260 e. The first-order valence-electron chi connectivity index (χ1n) is 13.9. The van der Waals surface area contributed by atoms with Gasteiger partial charge in [0.1, 0.15) is 5.75 Å². The molecule has 1 aliphatic rings. The van der Waals surface area contributed by atoms with Gasteiger partial charge < -0.3 is 9.64 Å². The lowest BCUT2D eigenvalue weighted by molar-refractivity contribution is -0.135. The van der Waals surface area contributed by atoms with Gasteiger partial charge in [-0.3, -0.25) is 14.0 Å². The molecule has 0 aliphatic carbocycles. The standard InChI is InChI=1S/C33H34ClN3O4S/c1-42(39,40)37(24-28-14-8-9-15-31(28)34)29-16-18-30(19-17-29)41-25-32(38)35-20-22-36(23-21-35)33(26-10-4-2-5-11-26)27-12-6-3-7-13-27/h2-19,33H,20-25H2,1H3. The van der Waals surface area contributed by atoms with E-state index >= 15 is 0 Å². The number of hydrogen-bond acceptors (Lipinski definition) is 5. The summed E-state index contributed by atoms with van der Waals surface area (Å²) < 4.78 is 32.2. The minimum atomic E-state index is -3.56. The minimum Gasteiger partial charge on any atom is -0.484 e. The van der Waals surface area contributed by atoms with E-state index in [1.165, 1.54) is 15.4 Å². The summed E-state index contributed by atoms with van der Waals surface area (Å²) in [6, 6.07) is 34.9. The second kappa shape index (κ2) is 13.4. The van der Waals surface area contributed by atoms with Crippen LogP contribution in [0.3, 0.4) is 0 Å². The van der Waals surface area contributed by atoms with E-state index < -0.39 is 10.0 Å². The number of anilines is 1. The van der Waals surface area contributed by atoms with Gasteiger partial charge in [-0.2, -0.15) is 0 Å². The largest absolute Gasteiger partial charge is 0.484 e. The molecule has 1 saturated heterocycles. The molecule has 1 heterocycles. The molecule has 0 saturated carbocycles. The van der Waals surface area contributed by atoms with Crippen LogP contribution in [0.25, 0.3) is 0 Å². The van der Waals surface area contributed by atoms with Crippen molar-refractivity contribution in [2.24, 2.45) is 0 Å². The van der Waals surface area contributed by atoms with Crippen LogP contribution in [0.5, 0.6) is 5.75 Å². The number of piperazine rings is 1. The second-order valence-electron chi connectivity index (χ2n) is 10.3. The zero-order valence-corrected chi connectivity index (χ0v) is 25.0. The topological polar surface area (TPSA) is 70.2 Å². The van der Waals surface area contributed by atoms with Crippen molar-refractivity contribution in [1.29, 1.82) is 0 Å². The van der Waals surface area contributed by atoms with E-state index in [9.17, 15) is 13.2 Å². The third-order valence-electron chi connectivity index (χ3n) is 7.42. The highest BCUT2D eigenvalue weighted by Crippen LogP contribution is 2.30. The van der Waals surface area contributed by atoms with Gasteiger partial charge in [0.15, 0.2) is 6.61 Å². The van der Waals surface area contributed by atoms with Crippen LogP contribution in [-0.4, -0.2) is 63.2 Å². The number of amides is 1. The fraction of sp³-hybridized carbons (Fsp3) is 0.242. The predicted molar refractivity (Wildman–Crippen MR) is 167 cm³/mol. The van der Waals surface area contributed by atoms with E-state index in [0.29, 0.717) is 35.1 Å². The highest BCUT2D eigenvalue weighted by Gasteiger charge is 2.28. The van der Waals surface area contributed by atoms with Crippen molar-refractivity contribution in [3.05, 3.63) is 131 Å². The van der Waals surface area contributed by atoms with Gasteiger partial charge >= 0.3 is 0 Å². The zero-order chi connectivity index (χ0) is 29.5. The quantitative estimate of drug-likeness (QED) is 0.235. The molecule has 0 unspecified atom stereocenters. The van der Waals surface area contributed by atoms with Gasteiger partial charge in [-0.1, -0.05) is 90.5 Å². The molecule has 4 aromatic rings. The average molecular weight is 604 g/mol. The predicted octanol–water partition coefficient (Wildman–Crippen LogP) is 5.62. The Hall–Kier alpha value is -3.85. The molecule has 0 bridgehead atoms. The van der Waals surface area contributed by atoms with E-state index in [4.69, 9.17) is 16.3 Å². The summed E-state index contributed by atoms with van der Waals surface area (Å²) in [5.74, 6) is 0.413. The molecule has 0 spiro atoms. The number of benzene rings is 4. The summed E-state index contributed by atoms with van der Waals surface area (Å²) in [5.41, 5.74) is 3.65. The molecule has 0 radical (unpaired) electrons. The van der Waals surface area contributed by atoms with Crippen LogP contribution in [-0.2, 0) is 21.4 Å². The number of carbonyl (C=O) groups excluding carboxylic acids is 1. The van der Waals surface area contributed by atoms with Crippen LogP contribution in [0.4, 0.5) is 5.69 Å². The molecule has 218 valence electrons. The number of nitrogens with zero attached hydrogens (tertiary/aromatic N) is 3. The summed E-state index contributed by atoms with van der Waals surface area (Å²) >= 11 is 6.27. The van der Waals surface area contributed by atoms with E-state index in [1.54, 1.807) is 42.5 Å². The molecule has 1 aliphatic heterocycles. The third-order valence-corrected chi connectivity index (χ3v) is 8.93. The Kier molecular flexibility index (Phi) is 9.47. The summed E-state index contributed by atoms with van der Waals surface area (Å²) in [4.78, 5) is 17.3. The van der Waals surface area contributed by atoms with Crippen LogP contribution in [0.1, 0.15) is 22.7 Å². The molecule has 1 fully saturated rings. The first kappa shape index (κ1) is 29.6. The number of sulfonamides is 1. The molecule has 0 aromatic heterocycles. The zero-order valence-electron chi connectivity index (χ0n) is 23.5. The van der Waals surface area contributed by atoms with Gasteiger partial charge in [-0.15, -0.1) is 0 Å². The van der Waals surface area contributed by atoms with Crippen molar-refractivity contribution >= 4 is 33.2 Å². The lowest BCUT2D eigenvalue weighted by atomic mass is 9.96. The average Bonchev–Trinajstić information content (AvgIpc) is 3.01. The molecular formula is C33H34ClN3O4S. The fourth-order valence-electron chi connectivity index (χ4n) is 5.24. The molecule has 7 nitrogen and oxygen atoms in total. The maximum Gasteiger partial charge on any atom is 0.260 e. The lowest BCUT2D eigenvalue weighted by Crippen LogP contribution is -2.51. The van der Waals surface area contributed by atoms with E-state index in [-0.39, 0.29) is 25.1 Å². The van der Waals surface area contributed by atoms with Crippen molar-refractivity contribution in [2.75, 3.05) is 43.3 Å². The van der Waals surface area contributed by atoms with Crippen molar-refractivity contribution in [3.8, 4) is 5.75 Å². The van der Waals surface area contributed by atoms with Crippen molar-refractivity contribution < 1.29 is 17.9 Å². The Balaban J connectivity index is 1.18. The highest BCUT2D eigenvalue weighted by molar-refractivity contribution is 7.92. The molecule has 42 heavy (non-hydrogen) atoms. The van der Waals surface area contributed by atoms with E-state index in [2.05, 4.69) is 53.4 Å². The Morgan fingerprint density at radius 2 is 1.36 bits per heavy atom. The Morgan fingerprint density at radius 1 is 0.810 bits per heavy atom. The normalized spacial score (nSPS) is 14.1. The summed E-state index contributed by atoms with van der Waals surface area (Å²) in [6.45, 7) is 2.75. The molecule has 9 heteroatoms. The van der Waals surface area contributed by atoms with Gasteiger partial charge in [0.05, 0.1) is 24.5 Å². The highest BCUT2D eigenvalue weighted by atomic mass is 35.5. The lowest BCUT2D eigenvalue weighted by Gasteiger charge is -2.39. The SMILES string of the molecule is CS(=O)(=O)N(Cc1ccccc1Cl)c1ccc(OCC(=O)N2CCN(C(c3ccccc3)c3ccccc3)CC2)cc1. The van der Waals surface area contributed by atoms with Gasteiger partial charge in [-0.25, -0.2) is 8.42 Å². The maximum atomic E-state index is 13.0. The number of ether oxygens (including phenoxy) is 1. The van der Waals surface area contributed by atoms with Crippen LogP contribution in [0.2, 0.25) is 5.02 Å². The minimum absolute atomic E-state index is 0.0776. The van der Waals surface area contributed by atoms with Crippen molar-refractivity contribution in [3.63, 3.8) is 0 Å². The molecule has 4 aromatic carbocycles. The summed E-state index contributed by atoms with van der Waals surface area (Å²) in [7, 11) is -3.56. The monoisotopic (exact) mass is 603 g/mol. The van der Waals surface area contributed by atoms with Gasteiger partial charge in [-0.05, 0) is 47.0 Å². The van der Waals surface area contributed by atoms with Crippen LogP contribution in [0.15, 0.2) is 109 Å². The van der Waals surface area contributed by atoms with Gasteiger partial charge in [0, 0.05) is 31.2 Å². The third kappa shape index (κ3) is 7.31. The van der Waals surface area contributed by atoms with Crippen LogP contribution >= 0.6 is 11.6 Å². The summed E-state index contributed by atoms with van der Waals surface area (Å²) in [5, 5.41) is 0.501. The fourth-order valence-corrected chi connectivity index (χ4v) is 6.31. The summed E-state index contributed by atoms with van der Waals surface area (Å²) in [6.07, 6.45) is 1.16. The maximum absolute atomic E-state index is 13.0. The van der Waals surface area contributed by atoms with E-state index in [0.717, 1.165) is 19.3 Å². The number of carbonyl (C=O) groups is 1. The first-order valence-corrected chi connectivity index (χ1v) is 16.1. The molecule has 5 rings (SSSR count). The first-order chi connectivity index (χ1) is 20.3. The Morgan fingerprint density at radius 3 is 1.90 bits per heavy atom. The van der Waals surface area contributed by atoms with E-state index in [1.807, 2.05) is 23.1 Å². The number of hydrogen-bond donors (Lipinski definition) is 0. The number of halogens is 1. The Bertz CT molecular complexity index is 1540. The second-order valence-corrected chi connectivity index (χ2v) is 12.6. The van der Waals surface area contributed by atoms with Crippen LogP contribution in [0, 0.1) is 0 Å². The van der Waals surface area contributed by atoms with Crippen molar-refractivity contribution in [1.82, 2.24) is 9.80 Å². The molecule has 0 N–H and O–H groups in total. The van der Waals surface area contributed by atoms with Crippen LogP contribution < -0.4 is 9.04 Å². The molecular weight excluding hydrogens is 570 g/mol. The Labute approximate surface area is 252 Å². The number of rotatable bonds is 10. The molecule has 1 amide bonds. The van der Waals surface area contributed by atoms with Crippen molar-refractivity contribution in [2.45, 2.75) is 12.6 Å².